The highest BCUT2D eigenvalue weighted by molar-refractivity contribution is 7.90. The molecule has 5 heteroatoms. The Balaban J connectivity index is 2.32. The van der Waals surface area contributed by atoms with Crippen molar-refractivity contribution in [2.45, 2.75) is 9.77 Å². The molecule has 1 aromatic rings. The van der Waals surface area contributed by atoms with Gasteiger partial charge in [0.05, 0.1) is 18.1 Å². The van der Waals surface area contributed by atoms with Crippen LogP contribution >= 0.6 is 11.6 Å². The van der Waals surface area contributed by atoms with E-state index < -0.39 is 14.7 Å². The Morgan fingerprint density at radius 3 is 2.13 bits per heavy atom. The predicted molar refractivity (Wildman–Crippen MR) is 57.9 cm³/mol. The molecule has 1 saturated heterocycles. The van der Waals surface area contributed by atoms with Crippen molar-refractivity contribution in [2.24, 2.45) is 0 Å². The van der Waals surface area contributed by atoms with Crippen molar-refractivity contribution in [1.82, 2.24) is 0 Å². The maximum Gasteiger partial charge on any atom is 0.175 e. The smallest absolute Gasteiger partial charge is 0.175 e. The van der Waals surface area contributed by atoms with Crippen LogP contribution in [0.15, 0.2) is 29.2 Å². The van der Waals surface area contributed by atoms with Gasteiger partial charge in [0.25, 0.3) is 0 Å². The van der Waals surface area contributed by atoms with E-state index in [1.54, 1.807) is 24.3 Å². The number of alkyl halides is 1. The lowest BCUT2D eigenvalue weighted by Crippen LogP contribution is -2.41. The summed E-state index contributed by atoms with van der Waals surface area (Å²) in [6, 6.07) is 6.64. The van der Waals surface area contributed by atoms with Gasteiger partial charge in [-0.05, 0) is 17.7 Å². The minimum atomic E-state index is -3.13. The second-order valence-electron chi connectivity index (χ2n) is 3.75. The summed E-state index contributed by atoms with van der Waals surface area (Å²) in [4.78, 5) is -0.150. The monoisotopic (exact) mass is 246 g/mol. The van der Waals surface area contributed by atoms with Crippen molar-refractivity contribution >= 4 is 21.4 Å². The molecule has 1 heterocycles. The maximum absolute atomic E-state index is 11.2. The van der Waals surface area contributed by atoms with Crippen molar-refractivity contribution in [1.29, 1.82) is 0 Å². The third-order valence-corrected chi connectivity index (χ3v) is 4.03. The molecule has 3 nitrogen and oxygen atoms in total. The molecule has 1 aliphatic heterocycles. The van der Waals surface area contributed by atoms with Crippen LogP contribution in [0.1, 0.15) is 5.56 Å². The van der Waals surface area contributed by atoms with Gasteiger partial charge in [-0.15, -0.1) is 11.6 Å². The molecule has 1 aromatic carbocycles. The zero-order valence-electron chi connectivity index (χ0n) is 8.23. The standard InChI is InChI=1S/C10H11ClO3S/c1-15(12,13)9-4-2-8(3-5-9)10(11)6-14-7-10/h2-5H,6-7H2,1H3. The third kappa shape index (κ3) is 2.02. The molecular formula is C10H11ClO3S. The normalized spacial score (nSPS) is 19.6. The molecule has 0 unspecified atom stereocenters. The number of benzene rings is 1. The zero-order chi connectivity index (χ0) is 11.1. The number of sulfone groups is 1. The van der Waals surface area contributed by atoms with Crippen LogP contribution in [0.3, 0.4) is 0 Å². The van der Waals surface area contributed by atoms with Crippen molar-refractivity contribution in [3.63, 3.8) is 0 Å². The van der Waals surface area contributed by atoms with Gasteiger partial charge in [-0.2, -0.15) is 0 Å². The van der Waals surface area contributed by atoms with Crippen molar-refractivity contribution in [3.8, 4) is 0 Å². The van der Waals surface area contributed by atoms with Crippen molar-refractivity contribution in [2.75, 3.05) is 19.5 Å². The van der Waals surface area contributed by atoms with Gasteiger partial charge in [0.2, 0.25) is 0 Å². The highest BCUT2D eigenvalue weighted by Crippen LogP contribution is 2.36. The lowest BCUT2D eigenvalue weighted by molar-refractivity contribution is -0.0152. The van der Waals surface area contributed by atoms with Crippen LogP contribution in [0, 0.1) is 0 Å². The molecule has 0 radical (unpaired) electrons. The van der Waals surface area contributed by atoms with Gasteiger partial charge in [0, 0.05) is 6.26 Å². The van der Waals surface area contributed by atoms with Gasteiger partial charge in [0.1, 0.15) is 4.87 Å². The number of hydrogen-bond donors (Lipinski definition) is 0. The Hall–Kier alpha value is -0.580. The van der Waals surface area contributed by atoms with Crippen LogP contribution < -0.4 is 0 Å². The lowest BCUT2D eigenvalue weighted by atomic mass is 9.97. The van der Waals surface area contributed by atoms with Gasteiger partial charge in [0.15, 0.2) is 9.84 Å². The second-order valence-corrected chi connectivity index (χ2v) is 6.49. The molecule has 0 aromatic heterocycles. The summed E-state index contributed by atoms with van der Waals surface area (Å²) in [5.41, 5.74) is 0.905. The van der Waals surface area contributed by atoms with E-state index in [2.05, 4.69) is 0 Å². The Kier molecular flexibility index (Phi) is 2.53. The minimum Gasteiger partial charge on any atom is -0.377 e. The Labute approximate surface area is 93.9 Å². The van der Waals surface area contributed by atoms with Gasteiger partial charge >= 0.3 is 0 Å². The molecule has 0 amide bonds. The third-order valence-electron chi connectivity index (χ3n) is 2.46. The topological polar surface area (TPSA) is 43.4 Å². The molecule has 0 atom stereocenters. The fourth-order valence-corrected chi connectivity index (χ4v) is 2.36. The molecule has 2 rings (SSSR count). The van der Waals surface area contributed by atoms with Crippen LogP contribution in [-0.2, 0) is 19.4 Å². The number of rotatable bonds is 2. The van der Waals surface area contributed by atoms with E-state index >= 15 is 0 Å². The average Bonchev–Trinajstić information content (AvgIpc) is 2.13. The quantitative estimate of drug-likeness (QED) is 0.744. The first-order chi connectivity index (χ1) is 6.92. The first-order valence-electron chi connectivity index (χ1n) is 4.49. The molecule has 0 spiro atoms. The van der Waals surface area contributed by atoms with Crippen molar-refractivity contribution in [3.05, 3.63) is 29.8 Å². The van der Waals surface area contributed by atoms with Crippen molar-refractivity contribution < 1.29 is 13.2 Å². The highest BCUT2D eigenvalue weighted by Gasteiger charge is 2.38. The Morgan fingerprint density at radius 1 is 1.27 bits per heavy atom. The summed E-state index contributed by atoms with van der Waals surface area (Å²) in [6.45, 7) is 0.958. The summed E-state index contributed by atoms with van der Waals surface area (Å²) < 4.78 is 27.5. The number of ether oxygens (including phenoxy) is 1. The molecule has 0 saturated carbocycles. The molecule has 0 bridgehead atoms. The van der Waals surface area contributed by atoms with E-state index in [0.29, 0.717) is 18.1 Å². The van der Waals surface area contributed by atoms with Crippen LogP contribution in [0.2, 0.25) is 0 Å². The first-order valence-corrected chi connectivity index (χ1v) is 6.76. The van der Waals surface area contributed by atoms with Gasteiger partial charge in [-0.25, -0.2) is 8.42 Å². The summed E-state index contributed by atoms with van der Waals surface area (Å²) >= 11 is 6.23. The minimum absolute atomic E-state index is 0.312. The molecular weight excluding hydrogens is 236 g/mol. The van der Waals surface area contributed by atoms with Gasteiger partial charge < -0.3 is 4.74 Å². The van der Waals surface area contributed by atoms with E-state index in [0.717, 1.165) is 5.56 Å². The summed E-state index contributed by atoms with van der Waals surface area (Å²) in [6.07, 6.45) is 1.19. The molecule has 15 heavy (non-hydrogen) atoms. The summed E-state index contributed by atoms with van der Waals surface area (Å²) in [5.74, 6) is 0. The fraction of sp³-hybridized carbons (Fsp3) is 0.400. The van der Waals surface area contributed by atoms with Crippen LogP contribution in [0.5, 0.6) is 0 Å². The summed E-state index contributed by atoms with van der Waals surface area (Å²) in [7, 11) is -3.13. The summed E-state index contributed by atoms with van der Waals surface area (Å²) in [5, 5.41) is 0. The van der Waals surface area contributed by atoms with Gasteiger partial charge in [-0.1, -0.05) is 12.1 Å². The average molecular weight is 247 g/mol. The Bertz CT molecular complexity index is 460. The SMILES string of the molecule is CS(=O)(=O)c1ccc(C2(Cl)COC2)cc1. The Morgan fingerprint density at radius 2 is 1.80 bits per heavy atom. The molecule has 0 N–H and O–H groups in total. The van der Waals surface area contributed by atoms with E-state index in [-0.39, 0.29) is 0 Å². The largest absolute Gasteiger partial charge is 0.377 e. The number of hydrogen-bond acceptors (Lipinski definition) is 3. The highest BCUT2D eigenvalue weighted by atomic mass is 35.5. The maximum atomic E-state index is 11.2. The molecule has 1 aliphatic rings. The molecule has 1 fully saturated rings. The van der Waals surface area contributed by atoms with E-state index in [4.69, 9.17) is 16.3 Å². The van der Waals surface area contributed by atoms with Crippen LogP contribution in [0.4, 0.5) is 0 Å². The molecule has 82 valence electrons. The second kappa shape index (κ2) is 3.47. The zero-order valence-corrected chi connectivity index (χ0v) is 9.81. The first kappa shape index (κ1) is 10.9. The van der Waals surface area contributed by atoms with Crippen LogP contribution in [-0.4, -0.2) is 27.9 Å². The van der Waals surface area contributed by atoms with E-state index in [9.17, 15) is 8.42 Å². The van der Waals surface area contributed by atoms with E-state index in [1.807, 2.05) is 0 Å². The fourth-order valence-electron chi connectivity index (χ4n) is 1.45. The number of halogens is 1. The lowest BCUT2D eigenvalue weighted by Gasteiger charge is -2.35. The molecule has 0 aliphatic carbocycles. The predicted octanol–water partition coefficient (Wildman–Crippen LogP) is 1.55. The van der Waals surface area contributed by atoms with Crippen LogP contribution in [0.25, 0.3) is 0 Å². The van der Waals surface area contributed by atoms with Gasteiger partial charge in [-0.3, -0.25) is 0 Å². The van der Waals surface area contributed by atoms with E-state index in [1.165, 1.54) is 6.26 Å².